The molecule has 1 aromatic heterocycles. The van der Waals surface area contributed by atoms with Crippen molar-refractivity contribution in [3.05, 3.63) is 58.4 Å². The lowest BCUT2D eigenvalue weighted by Crippen LogP contribution is -2.36. The minimum absolute atomic E-state index is 0. The molecule has 3 rings (SSSR count). The topological polar surface area (TPSA) is 58.5 Å². The quantitative estimate of drug-likeness (QED) is 0.232. The molecule has 1 heterocycles. The van der Waals surface area contributed by atoms with Crippen LogP contribution in [0.3, 0.4) is 0 Å². The Bertz CT molecular complexity index is 778. The summed E-state index contributed by atoms with van der Waals surface area (Å²) in [6.07, 6.45) is 4.32. The zero-order valence-electron chi connectivity index (χ0n) is 16.4. The summed E-state index contributed by atoms with van der Waals surface area (Å²) in [7, 11) is 0. The van der Waals surface area contributed by atoms with E-state index in [1.807, 2.05) is 6.07 Å². The highest BCUT2D eigenvalue weighted by molar-refractivity contribution is 14.0. The smallest absolute Gasteiger partial charge is 0.191 e. The molecule has 152 valence electrons. The van der Waals surface area contributed by atoms with E-state index in [1.54, 1.807) is 12.3 Å². The molecule has 0 atom stereocenters. The highest BCUT2D eigenvalue weighted by atomic mass is 127. The van der Waals surface area contributed by atoms with Gasteiger partial charge >= 0.3 is 0 Å². The molecule has 0 spiro atoms. The van der Waals surface area contributed by atoms with E-state index < -0.39 is 0 Å². The molecular formula is C21H28ClIN4O. The maximum atomic E-state index is 6.05. The van der Waals surface area contributed by atoms with Crippen molar-refractivity contribution in [1.82, 2.24) is 15.6 Å². The molecule has 1 fully saturated rings. The molecule has 0 saturated heterocycles. The molecule has 2 N–H and O–H groups in total. The van der Waals surface area contributed by atoms with Crippen molar-refractivity contribution in [3.8, 4) is 5.75 Å². The van der Waals surface area contributed by atoms with E-state index in [9.17, 15) is 0 Å². The molecule has 0 aliphatic heterocycles. The van der Waals surface area contributed by atoms with E-state index in [0.29, 0.717) is 18.2 Å². The maximum Gasteiger partial charge on any atom is 0.191 e. The Hall–Kier alpha value is -1.54. The highest BCUT2D eigenvalue weighted by Crippen LogP contribution is 2.30. The Morgan fingerprint density at radius 2 is 2.07 bits per heavy atom. The van der Waals surface area contributed by atoms with Crippen LogP contribution in [0, 0.1) is 12.8 Å². The summed E-state index contributed by atoms with van der Waals surface area (Å²) in [6.45, 7) is 6.95. The molecule has 1 aliphatic carbocycles. The zero-order valence-corrected chi connectivity index (χ0v) is 19.5. The second-order valence-corrected chi connectivity index (χ2v) is 7.29. The fourth-order valence-corrected chi connectivity index (χ4v) is 2.74. The molecular weight excluding hydrogens is 487 g/mol. The average Bonchev–Trinajstić information content (AvgIpc) is 3.49. The number of ether oxygens (including phenoxy) is 1. The third kappa shape index (κ3) is 7.47. The average molecular weight is 515 g/mol. The summed E-state index contributed by atoms with van der Waals surface area (Å²) in [4.78, 5) is 8.73. The number of nitrogens with one attached hydrogen (secondary N) is 2. The molecule has 0 bridgehead atoms. The molecule has 0 unspecified atom stereocenters. The third-order valence-corrected chi connectivity index (χ3v) is 4.62. The van der Waals surface area contributed by atoms with E-state index in [4.69, 9.17) is 16.3 Å². The summed E-state index contributed by atoms with van der Waals surface area (Å²) in [6, 6.07) is 10.1. The largest absolute Gasteiger partial charge is 0.493 e. The number of aryl methyl sites for hydroxylation is 1. The van der Waals surface area contributed by atoms with E-state index in [0.717, 1.165) is 41.9 Å². The predicted molar refractivity (Wildman–Crippen MR) is 126 cm³/mol. The van der Waals surface area contributed by atoms with Crippen LogP contribution in [0.15, 0.2) is 41.5 Å². The first-order chi connectivity index (χ1) is 13.1. The summed E-state index contributed by atoms with van der Waals surface area (Å²) >= 11 is 5.83. The van der Waals surface area contributed by atoms with Gasteiger partial charge in [0.05, 0.1) is 13.2 Å². The first kappa shape index (κ1) is 22.7. The number of halogens is 2. The highest BCUT2D eigenvalue weighted by Gasteiger charge is 2.22. The van der Waals surface area contributed by atoms with Gasteiger partial charge in [-0.1, -0.05) is 29.8 Å². The van der Waals surface area contributed by atoms with Gasteiger partial charge < -0.3 is 15.4 Å². The SMILES string of the molecule is CCNC(=NCc1ccc(Cl)nc1)NCc1ccc(C)cc1OCC1CC1.I. The lowest BCUT2D eigenvalue weighted by Gasteiger charge is -2.15. The molecule has 1 aliphatic rings. The number of aromatic nitrogens is 1. The standard InChI is InChI=1S/C21H27ClN4O.HI/c1-3-23-21(25-12-17-7-9-20(22)24-11-17)26-13-18-8-4-15(2)10-19(18)27-14-16-5-6-16;/h4,7-11,16H,3,5-6,12-14H2,1-2H3,(H2,23,25,26);1H. The van der Waals surface area contributed by atoms with Gasteiger partial charge in [-0.25, -0.2) is 9.98 Å². The van der Waals surface area contributed by atoms with Gasteiger partial charge in [-0.05, 0) is 55.9 Å². The van der Waals surface area contributed by atoms with Gasteiger partial charge in [0, 0.05) is 24.8 Å². The molecule has 28 heavy (non-hydrogen) atoms. The van der Waals surface area contributed by atoms with Gasteiger partial charge in [0.1, 0.15) is 10.9 Å². The fraction of sp³-hybridized carbons (Fsp3) is 0.429. The Balaban J connectivity index is 0.00000280. The fourth-order valence-electron chi connectivity index (χ4n) is 2.63. The van der Waals surface area contributed by atoms with E-state index in [2.05, 4.69) is 52.7 Å². The van der Waals surface area contributed by atoms with Crippen molar-refractivity contribution in [2.24, 2.45) is 10.9 Å². The van der Waals surface area contributed by atoms with Gasteiger partial charge in [0.2, 0.25) is 0 Å². The molecule has 1 saturated carbocycles. The van der Waals surface area contributed by atoms with Crippen LogP contribution in [-0.4, -0.2) is 24.1 Å². The Morgan fingerprint density at radius 1 is 1.25 bits per heavy atom. The number of rotatable bonds is 8. The minimum Gasteiger partial charge on any atom is -0.493 e. The van der Waals surface area contributed by atoms with Crippen LogP contribution >= 0.6 is 35.6 Å². The Kier molecular flexibility index (Phi) is 9.31. The van der Waals surface area contributed by atoms with Gasteiger partial charge in [0.15, 0.2) is 5.96 Å². The Morgan fingerprint density at radius 3 is 2.75 bits per heavy atom. The third-order valence-electron chi connectivity index (χ3n) is 4.39. The summed E-state index contributed by atoms with van der Waals surface area (Å²) in [5, 5.41) is 7.16. The molecule has 2 aromatic rings. The number of guanidine groups is 1. The minimum atomic E-state index is 0. The van der Waals surface area contributed by atoms with Crippen LogP contribution in [-0.2, 0) is 13.1 Å². The molecule has 1 aromatic carbocycles. The molecule has 5 nitrogen and oxygen atoms in total. The normalized spacial score (nSPS) is 13.6. The maximum absolute atomic E-state index is 6.05. The first-order valence-corrected chi connectivity index (χ1v) is 9.86. The van der Waals surface area contributed by atoms with Gasteiger partial charge in [-0.3, -0.25) is 0 Å². The lowest BCUT2D eigenvalue weighted by molar-refractivity contribution is 0.296. The molecule has 0 radical (unpaired) electrons. The van der Waals surface area contributed by atoms with Crippen molar-refractivity contribution >= 4 is 41.5 Å². The first-order valence-electron chi connectivity index (χ1n) is 9.49. The molecule has 0 amide bonds. The summed E-state index contributed by atoms with van der Waals surface area (Å²) in [5.41, 5.74) is 3.36. The zero-order chi connectivity index (χ0) is 19.1. The van der Waals surface area contributed by atoms with E-state index in [-0.39, 0.29) is 24.0 Å². The Labute approximate surface area is 189 Å². The van der Waals surface area contributed by atoms with Crippen LogP contribution < -0.4 is 15.4 Å². The predicted octanol–water partition coefficient (Wildman–Crippen LogP) is 4.71. The lowest BCUT2D eigenvalue weighted by atomic mass is 10.1. The number of hydrogen-bond acceptors (Lipinski definition) is 3. The second kappa shape index (κ2) is 11.5. The van der Waals surface area contributed by atoms with Crippen molar-refractivity contribution in [2.45, 2.75) is 39.8 Å². The van der Waals surface area contributed by atoms with Gasteiger partial charge in [-0.15, -0.1) is 24.0 Å². The number of hydrogen-bond donors (Lipinski definition) is 2. The number of aliphatic imine (C=N–C) groups is 1. The van der Waals surface area contributed by atoms with Crippen LogP contribution in [0.5, 0.6) is 5.75 Å². The van der Waals surface area contributed by atoms with Crippen molar-refractivity contribution in [3.63, 3.8) is 0 Å². The van der Waals surface area contributed by atoms with Crippen molar-refractivity contribution < 1.29 is 4.74 Å². The number of benzene rings is 1. The van der Waals surface area contributed by atoms with Crippen molar-refractivity contribution in [2.75, 3.05) is 13.2 Å². The number of pyridine rings is 1. The number of nitrogens with zero attached hydrogens (tertiary/aromatic N) is 2. The summed E-state index contributed by atoms with van der Waals surface area (Å²) in [5.74, 6) is 2.46. The van der Waals surface area contributed by atoms with Crippen LogP contribution in [0.4, 0.5) is 0 Å². The van der Waals surface area contributed by atoms with E-state index >= 15 is 0 Å². The van der Waals surface area contributed by atoms with Gasteiger partial charge in [0.25, 0.3) is 0 Å². The second-order valence-electron chi connectivity index (χ2n) is 6.90. The van der Waals surface area contributed by atoms with Crippen LogP contribution in [0.2, 0.25) is 5.15 Å². The van der Waals surface area contributed by atoms with Gasteiger partial charge in [-0.2, -0.15) is 0 Å². The van der Waals surface area contributed by atoms with Crippen LogP contribution in [0.25, 0.3) is 0 Å². The van der Waals surface area contributed by atoms with Crippen molar-refractivity contribution in [1.29, 1.82) is 0 Å². The summed E-state index contributed by atoms with van der Waals surface area (Å²) < 4.78 is 6.05. The van der Waals surface area contributed by atoms with E-state index in [1.165, 1.54) is 18.4 Å². The molecule has 7 heteroatoms. The monoisotopic (exact) mass is 514 g/mol. The van der Waals surface area contributed by atoms with Crippen LogP contribution in [0.1, 0.15) is 36.5 Å².